The average molecular weight is 326 g/mol. The second-order valence-electron chi connectivity index (χ2n) is 4.58. The van der Waals surface area contributed by atoms with Gasteiger partial charge in [0.1, 0.15) is 0 Å². The zero-order valence-electron chi connectivity index (χ0n) is 11.3. The molecule has 2 rings (SSSR count). The summed E-state index contributed by atoms with van der Waals surface area (Å²) in [5.74, 6) is 0. The molecule has 2 aromatic rings. The zero-order chi connectivity index (χ0) is 15.3. The van der Waals surface area contributed by atoms with Crippen LogP contribution in [0.5, 0.6) is 0 Å². The van der Waals surface area contributed by atoms with Crippen molar-refractivity contribution < 1.29 is 13.5 Å². The first-order valence-electron chi connectivity index (χ1n) is 6.45. The standard InChI is InChI=1S/C15H16ClNO3S/c16-14-6-4-12(5-7-14)8-9-17-21(19,20)15-3-1-2-13(10-15)11-18/h1-7,10,17-18H,8-9,11H2. The van der Waals surface area contributed by atoms with E-state index in [9.17, 15) is 8.42 Å². The van der Waals surface area contributed by atoms with Gasteiger partial charge in [0.15, 0.2) is 0 Å². The van der Waals surface area contributed by atoms with Crippen LogP contribution in [0, 0.1) is 0 Å². The Hall–Kier alpha value is -1.40. The Bertz CT molecular complexity index is 699. The Kier molecular flexibility index (Phi) is 5.36. The fourth-order valence-electron chi connectivity index (χ4n) is 1.88. The molecular weight excluding hydrogens is 310 g/mol. The van der Waals surface area contributed by atoms with E-state index in [1.54, 1.807) is 24.3 Å². The average Bonchev–Trinajstić information content (AvgIpc) is 2.49. The highest BCUT2D eigenvalue weighted by atomic mass is 35.5. The molecule has 21 heavy (non-hydrogen) atoms. The molecule has 0 saturated carbocycles. The number of halogens is 1. The van der Waals surface area contributed by atoms with Gasteiger partial charge in [-0.25, -0.2) is 13.1 Å². The quantitative estimate of drug-likeness (QED) is 0.856. The molecule has 0 unspecified atom stereocenters. The smallest absolute Gasteiger partial charge is 0.240 e. The molecule has 0 fully saturated rings. The SMILES string of the molecule is O=S(=O)(NCCc1ccc(Cl)cc1)c1cccc(CO)c1. The van der Waals surface area contributed by atoms with Crippen LogP contribution in [0.3, 0.4) is 0 Å². The minimum absolute atomic E-state index is 0.158. The van der Waals surface area contributed by atoms with Crippen LogP contribution < -0.4 is 4.72 Å². The van der Waals surface area contributed by atoms with E-state index < -0.39 is 10.0 Å². The van der Waals surface area contributed by atoms with Gasteiger partial charge in [-0.05, 0) is 41.8 Å². The van der Waals surface area contributed by atoms with Gasteiger partial charge < -0.3 is 5.11 Å². The monoisotopic (exact) mass is 325 g/mol. The van der Waals surface area contributed by atoms with Crippen LogP contribution in [-0.2, 0) is 23.1 Å². The van der Waals surface area contributed by atoms with Crippen molar-refractivity contribution in [1.82, 2.24) is 4.72 Å². The Morgan fingerprint density at radius 2 is 1.76 bits per heavy atom. The molecule has 0 spiro atoms. The van der Waals surface area contributed by atoms with Gasteiger partial charge in [0.25, 0.3) is 0 Å². The van der Waals surface area contributed by atoms with Crippen LogP contribution in [0.15, 0.2) is 53.4 Å². The molecule has 4 nitrogen and oxygen atoms in total. The maximum absolute atomic E-state index is 12.1. The summed E-state index contributed by atoms with van der Waals surface area (Å²) in [6.45, 7) is 0.113. The highest BCUT2D eigenvalue weighted by Crippen LogP contribution is 2.12. The predicted molar refractivity (Wildman–Crippen MR) is 82.7 cm³/mol. The molecule has 2 N–H and O–H groups in total. The number of aliphatic hydroxyl groups is 1. The third kappa shape index (κ3) is 4.54. The lowest BCUT2D eigenvalue weighted by Gasteiger charge is -2.08. The lowest BCUT2D eigenvalue weighted by Crippen LogP contribution is -2.26. The van der Waals surface area contributed by atoms with Crippen LogP contribution in [0.1, 0.15) is 11.1 Å². The molecule has 0 heterocycles. The molecule has 0 aliphatic rings. The number of benzene rings is 2. The lowest BCUT2D eigenvalue weighted by molar-refractivity contribution is 0.281. The highest BCUT2D eigenvalue weighted by molar-refractivity contribution is 7.89. The third-order valence-electron chi connectivity index (χ3n) is 3.01. The zero-order valence-corrected chi connectivity index (χ0v) is 12.9. The fraction of sp³-hybridized carbons (Fsp3) is 0.200. The Morgan fingerprint density at radius 1 is 1.05 bits per heavy atom. The summed E-state index contributed by atoms with van der Waals surface area (Å²) in [4.78, 5) is 0.158. The Balaban J connectivity index is 1.99. The van der Waals surface area contributed by atoms with Gasteiger partial charge in [-0.15, -0.1) is 0 Å². The molecule has 6 heteroatoms. The Labute approximate surface area is 129 Å². The van der Waals surface area contributed by atoms with Crippen molar-refractivity contribution in [3.63, 3.8) is 0 Å². The molecule has 0 saturated heterocycles. The molecule has 0 aliphatic heterocycles. The Morgan fingerprint density at radius 3 is 2.43 bits per heavy atom. The molecular formula is C15H16ClNO3S. The number of aliphatic hydroxyl groups excluding tert-OH is 1. The van der Waals surface area contributed by atoms with Crippen LogP contribution in [0.2, 0.25) is 5.02 Å². The van der Waals surface area contributed by atoms with Gasteiger partial charge in [0.05, 0.1) is 11.5 Å². The molecule has 112 valence electrons. The van der Waals surface area contributed by atoms with Crippen molar-refractivity contribution in [3.8, 4) is 0 Å². The summed E-state index contributed by atoms with van der Waals surface area (Å²) in [6.07, 6.45) is 0.579. The molecule has 0 amide bonds. The number of sulfonamides is 1. The number of hydrogen-bond donors (Lipinski definition) is 2. The van der Waals surface area contributed by atoms with Crippen LogP contribution in [0.25, 0.3) is 0 Å². The second kappa shape index (κ2) is 7.04. The number of rotatable bonds is 6. The number of hydrogen-bond acceptors (Lipinski definition) is 3. The summed E-state index contributed by atoms with van der Waals surface area (Å²) < 4.78 is 26.8. The van der Waals surface area contributed by atoms with Crippen LogP contribution in [-0.4, -0.2) is 20.1 Å². The number of nitrogens with one attached hydrogen (secondary N) is 1. The van der Waals surface area contributed by atoms with Crippen molar-refractivity contribution in [2.45, 2.75) is 17.9 Å². The van der Waals surface area contributed by atoms with E-state index in [0.717, 1.165) is 5.56 Å². The summed E-state index contributed by atoms with van der Waals surface area (Å²) in [7, 11) is -3.56. The van der Waals surface area contributed by atoms with Crippen molar-refractivity contribution in [2.24, 2.45) is 0 Å². The van der Waals surface area contributed by atoms with Crippen molar-refractivity contribution >= 4 is 21.6 Å². The van der Waals surface area contributed by atoms with Gasteiger partial charge in [0, 0.05) is 11.6 Å². The van der Waals surface area contributed by atoms with Gasteiger partial charge >= 0.3 is 0 Å². The third-order valence-corrected chi connectivity index (χ3v) is 4.72. The molecule has 0 atom stereocenters. The second-order valence-corrected chi connectivity index (χ2v) is 6.78. The first-order valence-corrected chi connectivity index (χ1v) is 8.31. The van der Waals surface area contributed by atoms with E-state index in [1.165, 1.54) is 12.1 Å². The van der Waals surface area contributed by atoms with E-state index in [-0.39, 0.29) is 11.5 Å². The van der Waals surface area contributed by atoms with E-state index in [4.69, 9.17) is 16.7 Å². The van der Waals surface area contributed by atoms with Crippen molar-refractivity contribution in [2.75, 3.05) is 6.54 Å². The molecule has 0 radical (unpaired) electrons. The maximum atomic E-state index is 12.1. The van der Waals surface area contributed by atoms with Crippen LogP contribution in [0.4, 0.5) is 0 Å². The maximum Gasteiger partial charge on any atom is 0.240 e. The normalized spacial score (nSPS) is 11.5. The van der Waals surface area contributed by atoms with Crippen molar-refractivity contribution in [3.05, 3.63) is 64.7 Å². The first-order chi connectivity index (χ1) is 10.0. The molecule has 0 aliphatic carbocycles. The summed E-state index contributed by atoms with van der Waals surface area (Å²) in [5.41, 5.74) is 1.57. The highest BCUT2D eigenvalue weighted by Gasteiger charge is 2.13. The minimum atomic E-state index is -3.56. The minimum Gasteiger partial charge on any atom is -0.392 e. The topological polar surface area (TPSA) is 66.4 Å². The predicted octanol–water partition coefficient (Wildman–Crippen LogP) is 2.35. The van der Waals surface area contributed by atoms with E-state index in [2.05, 4.69) is 4.72 Å². The molecule has 0 aromatic heterocycles. The van der Waals surface area contributed by atoms with Gasteiger partial charge in [0.2, 0.25) is 10.0 Å². The van der Waals surface area contributed by atoms with Gasteiger partial charge in [-0.2, -0.15) is 0 Å². The van der Waals surface area contributed by atoms with E-state index in [1.807, 2.05) is 12.1 Å². The van der Waals surface area contributed by atoms with Crippen molar-refractivity contribution in [1.29, 1.82) is 0 Å². The summed E-state index contributed by atoms with van der Waals surface area (Å²) in [5, 5.41) is 9.70. The largest absolute Gasteiger partial charge is 0.392 e. The van der Waals surface area contributed by atoms with Crippen LogP contribution >= 0.6 is 11.6 Å². The van der Waals surface area contributed by atoms with Gasteiger partial charge in [-0.3, -0.25) is 0 Å². The first kappa shape index (κ1) is 16.0. The van der Waals surface area contributed by atoms with E-state index >= 15 is 0 Å². The molecule has 0 bridgehead atoms. The molecule has 2 aromatic carbocycles. The van der Waals surface area contributed by atoms with E-state index in [0.29, 0.717) is 23.6 Å². The summed E-state index contributed by atoms with van der Waals surface area (Å²) in [6, 6.07) is 13.5. The van der Waals surface area contributed by atoms with Gasteiger partial charge in [-0.1, -0.05) is 35.9 Å². The fourth-order valence-corrected chi connectivity index (χ4v) is 3.10. The summed E-state index contributed by atoms with van der Waals surface area (Å²) >= 11 is 5.79. The lowest BCUT2D eigenvalue weighted by atomic mass is 10.2.